The normalized spacial score (nSPS) is 13.3. The van der Waals surface area contributed by atoms with Crippen LogP contribution >= 0.6 is 0 Å². The molecule has 1 heterocycles. The number of benzene rings is 1. The number of hydrogen-bond acceptors (Lipinski definition) is 5. The van der Waals surface area contributed by atoms with E-state index in [1.807, 2.05) is 13.8 Å². The third-order valence-electron chi connectivity index (χ3n) is 3.53. The lowest BCUT2D eigenvalue weighted by atomic mass is 9.98. The molecule has 130 valence electrons. The van der Waals surface area contributed by atoms with E-state index in [1.54, 1.807) is 0 Å². The fraction of sp³-hybridized carbons (Fsp3) is 0.375. The molecule has 0 amide bonds. The van der Waals surface area contributed by atoms with Crippen LogP contribution in [0.3, 0.4) is 0 Å². The lowest BCUT2D eigenvalue weighted by Gasteiger charge is -2.15. The van der Waals surface area contributed by atoms with E-state index in [0.29, 0.717) is 11.8 Å². The molecular weight excluding hydrogens is 334 g/mol. The average Bonchev–Trinajstić information content (AvgIpc) is 2.50. The summed E-state index contributed by atoms with van der Waals surface area (Å²) in [5, 5.41) is 9.65. The number of carbonyl (C=O) groups is 1. The highest BCUT2D eigenvalue weighted by Crippen LogP contribution is 2.18. The fourth-order valence-electron chi connectivity index (χ4n) is 2.35. The molecule has 1 atom stereocenters. The Kier molecular flexibility index (Phi) is 5.40. The summed E-state index contributed by atoms with van der Waals surface area (Å²) < 4.78 is 32.0. The van der Waals surface area contributed by atoms with E-state index in [1.165, 1.54) is 30.3 Å². The second-order valence-corrected chi connectivity index (χ2v) is 7.74. The van der Waals surface area contributed by atoms with Gasteiger partial charge in [0.05, 0.1) is 10.8 Å². The number of carboxylic acid groups (broad SMARTS) is 1. The lowest BCUT2D eigenvalue weighted by molar-refractivity contribution is -0.142. The molecule has 0 radical (unpaired) electrons. The second kappa shape index (κ2) is 7.14. The number of nitrogens with one attached hydrogen (secondary N) is 1. The van der Waals surface area contributed by atoms with E-state index in [0.717, 1.165) is 0 Å². The summed E-state index contributed by atoms with van der Waals surface area (Å²) in [4.78, 5) is 22.3. The molecule has 8 heteroatoms. The quantitative estimate of drug-likeness (QED) is 0.734. The van der Waals surface area contributed by atoms with E-state index in [4.69, 9.17) is 4.42 Å². The molecule has 1 aromatic carbocycles. The third-order valence-corrected chi connectivity index (χ3v) is 4.95. The molecule has 0 spiro atoms. The molecule has 0 aliphatic heterocycles. The summed E-state index contributed by atoms with van der Waals surface area (Å²) in [5.74, 6) is -1.69. The number of carboxylic acids is 1. The van der Waals surface area contributed by atoms with Gasteiger partial charge < -0.3 is 9.52 Å². The number of fused-ring (bicyclic) bond motifs is 1. The molecule has 2 rings (SSSR count). The van der Waals surface area contributed by atoms with Crippen molar-refractivity contribution in [3.05, 3.63) is 40.8 Å². The van der Waals surface area contributed by atoms with Crippen LogP contribution in [0.1, 0.15) is 20.3 Å². The highest BCUT2D eigenvalue weighted by atomic mass is 32.2. The third kappa shape index (κ3) is 4.42. The molecule has 0 saturated heterocycles. The van der Waals surface area contributed by atoms with Crippen molar-refractivity contribution in [3.63, 3.8) is 0 Å². The van der Waals surface area contributed by atoms with Crippen molar-refractivity contribution < 1.29 is 22.7 Å². The van der Waals surface area contributed by atoms with Crippen molar-refractivity contribution in [2.24, 2.45) is 11.8 Å². The molecule has 0 bridgehead atoms. The highest BCUT2D eigenvalue weighted by molar-refractivity contribution is 7.89. The van der Waals surface area contributed by atoms with Crippen molar-refractivity contribution in [2.45, 2.75) is 25.2 Å². The first kappa shape index (κ1) is 18.2. The van der Waals surface area contributed by atoms with Crippen molar-refractivity contribution in [1.82, 2.24) is 4.72 Å². The Morgan fingerprint density at radius 3 is 2.58 bits per heavy atom. The molecule has 2 aromatic rings. The van der Waals surface area contributed by atoms with Crippen molar-refractivity contribution in [1.29, 1.82) is 0 Å². The van der Waals surface area contributed by atoms with Gasteiger partial charge in [-0.15, -0.1) is 0 Å². The molecule has 0 fully saturated rings. The Labute approximate surface area is 139 Å². The van der Waals surface area contributed by atoms with Crippen LogP contribution in [0.5, 0.6) is 0 Å². The largest absolute Gasteiger partial charge is 0.481 e. The molecular formula is C16H19NO6S. The minimum atomic E-state index is -3.86. The van der Waals surface area contributed by atoms with Gasteiger partial charge in [-0.3, -0.25) is 4.79 Å². The second-order valence-electron chi connectivity index (χ2n) is 5.97. The monoisotopic (exact) mass is 353 g/mol. The maximum absolute atomic E-state index is 12.4. The summed E-state index contributed by atoms with van der Waals surface area (Å²) in [5.41, 5.74) is -0.237. The van der Waals surface area contributed by atoms with Gasteiger partial charge in [0.1, 0.15) is 5.58 Å². The Morgan fingerprint density at radius 2 is 1.96 bits per heavy atom. The van der Waals surface area contributed by atoms with E-state index in [2.05, 4.69) is 4.72 Å². The molecule has 7 nitrogen and oxygen atoms in total. The van der Waals surface area contributed by atoms with E-state index in [-0.39, 0.29) is 22.9 Å². The Hall–Kier alpha value is -2.19. The topological polar surface area (TPSA) is 114 Å². The number of sulfonamides is 1. The van der Waals surface area contributed by atoms with Gasteiger partial charge in [-0.25, -0.2) is 17.9 Å². The zero-order valence-electron chi connectivity index (χ0n) is 13.4. The predicted molar refractivity (Wildman–Crippen MR) is 88.3 cm³/mol. The average molecular weight is 353 g/mol. The van der Waals surface area contributed by atoms with Crippen LogP contribution < -0.4 is 10.3 Å². The number of aliphatic carboxylic acids is 1. The van der Waals surface area contributed by atoms with E-state index in [9.17, 15) is 23.1 Å². The Bertz CT molecular complexity index is 900. The standard InChI is InChI=1S/C16H19NO6S/c1-10(2)7-12(16(19)20)9-17-24(21,22)13-4-5-14-11(8-13)3-6-15(18)23-14/h3-6,8,10,12,17H,7,9H2,1-2H3,(H,19,20). The van der Waals surface area contributed by atoms with Crippen LogP contribution in [-0.4, -0.2) is 26.0 Å². The summed E-state index contributed by atoms with van der Waals surface area (Å²) in [6, 6.07) is 6.76. The zero-order chi connectivity index (χ0) is 17.9. The van der Waals surface area contributed by atoms with Gasteiger partial charge in [0.2, 0.25) is 10.0 Å². The molecule has 1 unspecified atom stereocenters. The minimum absolute atomic E-state index is 0.0162. The van der Waals surface area contributed by atoms with Gasteiger partial charge in [-0.1, -0.05) is 13.8 Å². The smallest absolute Gasteiger partial charge is 0.336 e. The van der Waals surface area contributed by atoms with Crippen LogP contribution in [0, 0.1) is 11.8 Å². The summed E-state index contributed by atoms with van der Waals surface area (Å²) >= 11 is 0. The van der Waals surface area contributed by atoms with Crippen LogP contribution in [0.25, 0.3) is 11.0 Å². The van der Waals surface area contributed by atoms with Gasteiger partial charge in [0.25, 0.3) is 0 Å². The van der Waals surface area contributed by atoms with Crippen LogP contribution in [0.15, 0.2) is 44.4 Å². The highest BCUT2D eigenvalue weighted by Gasteiger charge is 2.23. The first-order valence-corrected chi connectivity index (χ1v) is 8.94. The maximum Gasteiger partial charge on any atom is 0.336 e. The van der Waals surface area contributed by atoms with Crippen LogP contribution in [-0.2, 0) is 14.8 Å². The Balaban J connectivity index is 2.22. The summed E-state index contributed by atoms with van der Waals surface area (Å²) in [6.07, 6.45) is 0.376. The molecule has 0 aliphatic rings. The van der Waals surface area contributed by atoms with Crippen LogP contribution in [0.4, 0.5) is 0 Å². The maximum atomic E-state index is 12.4. The lowest BCUT2D eigenvalue weighted by Crippen LogP contribution is -2.33. The van der Waals surface area contributed by atoms with Gasteiger partial charge in [0.15, 0.2) is 0 Å². The molecule has 0 saturated carbocycles. The van der Waals surface area contributed by atoms with E-state index < -0.39 is 27.5 Å². The van der Waals surface area contributed by atoms with Gasteiger partial charge >= 0.3 is 11.6 Å². The summed E-state index contributed by atoms with van der Waals surface area (Å²) in [6.45, 7) is 3.57. The number of hydrogen-bond donors (Lipinski definition) is 2. The molecule has 2 N–H and O–H groups in total. The first-order chi connectivity index (χ1) is 11.2. The van der Waals surface area contributed by atoms with Crippen LogP contribution in [0.2, 0.25) is 0 Å². The molecule has 24 heavy (non-hydrogen) atoms. The minimum Gasteiger partial charge on any atom is -0.481 e. The number of rotatable bonds is 7. The van der Waals surface area contributed by atoms with Crippen molar-refractivity contribution >= 4 is 27.0 Å². The molecule has 0 aliphatic carbocycles. The zero-order valence-corrected chi connectivity index (χ0v) is 14.2. The van der Waals surface area contributed by atoms with E-state index >= 15 is 0 Å². The fourth-order valence-corrected chi connectivity index (χ4v) is 3.47. The van der Waals surface area contributed by atoms with Gasteiger partial charge in [-0.05, 0) is 36.6 Å². The first-order valence-electron chi connectivity index (χ1n) is 7.45. The van der Waals surface area contributed by atoms with Crippen molar-refractivity contribution in [3.8, 4) is 0 Å². The van der Waals surface area contributed by atoms with Crippen molar-refractivity contribution in [2.75, 3.05) is 6.54 Å². The van der Waals surface area contributed by atoms with Gasteiger partial charge in [0, 0.05) is 18.0 Å². The van der Waals surface area contributed by atoms with Gasteiger partial charge in [-0.2, -0.15) is 0 Å². The summed E-state index contributed by atoms with van der Waals surface area (Å²) in [7, 11) is -3.86. The SMILES string of the molecule is CC(C)CC(CNS(=O)(=O)c1ccc2oc(=O)ccc2c1)C(=O)O. The molecule has 1 aromatic heterocycles. The Morgan fingerprint density at radius 1 is 1.25 bits per heavy atom. The predicted octanol–water partition coefficient (Wildman–Crippen LogP) is 1.82.